The molecule has 0 unspecified atom stereocenters. The molecule has 2 aromatic rings. The summed E-state index contributed by atoms with van der Waals surface area (Å²) in [5, 5.41) is 7.26. The molecule has 1 aliphatic heterocycles. The lowest BCUT2D eigenvalue weighted by Gasteiger charge is -2.21. The van der Waals surface area contributed by atoms with Crippen LogP contribution >= 0.6 is 0 Å². The van der Waals surface area contributed by atoms with Gasteiger partial charge in [-0.2, -0.15) is 23.3 Å². The Morgan fingerprint density at radius 3 is 2.86 bits per heavy atom. The van der Waals surface area contributed by atoms with Gasteiger partial charge in [0.2, 0.25) is 5.95 Å². The number of hydrogen-bond acceptors (Lipinski definition) is 7. The first-order valence-electron chi connectivity index (χ1n) is 9.04. The Morgan fingerprint density at radius 2 is 2.14 bits per heavy atom. The van der Waals surface area contributed by atoms with Gasteiger partial charge in [-0.25, -0.2) is 4.98 Å². The third-order valence-electron chi connectivity index (χ3n) is 4.88. The summed E-state index contributed by atoms with van der Waals surface area (Å²) >= 11 is 0. The Hall–Kier alpha value is -2.56. The normalized spacial score (nSPS) is 22.4. The largest absolute Gasteiger partial charge is 0.490 e. The van der Waals surface area contributed by atoms with Crippen LogP contribution < -0.4 is 15.8 Å². The molecule has 152 valence electrons. The van der Waals surface area contributed by atoms with Gasteiger partial charge in [0, 0.05) is 12.1 Å². The van der Waals surface area contributed by atoms with Gasteiger partial charge in [0.1, 0.15) is 17.1 Å². The molecule has 0 aromatic carbocycles. The van der Waals surface area contributed by atoms with Crippen molar-refractivity contribution < 1.29 is 22.6 Å². The van der Waals surface area contributed by atoms with Gasteiger partial charge in [-0.3, -0.25) is 4.68 Å². The summed E-state index contributed by atoms with van der Waals surface area (Å²) in [4.78, 5) is 7.17. The highest BCUT2D eigenvalue weighted by Gasteiger charge is 2.37. The van der Waals surface area contributed by atoms with Gasteiger partial charge >= 0.3 is 6.18 Å². The number of nitrogen functional groups attached to an aromatic ring is 1. The topological polar surface area (TPSA) is 100 Å². The highest BCUT2D eigenvalue weighted by molar-refractivity contribution is 5.48. The van der Waals surface area contributed by atoms with Gasteiger partial charge in [0.25, 0.3) is 0 Å². The molecule has 1 saturated carbocycles. The zero-order chi connectivity index (χ0) is 19.9. The summed E-state index contributed by atoms with van der Waals surface area (Å²) in [7, 11) is 0. The number of ether oxygens (including phenoxy) is 2. The van der Waals surface area contributed by atoms with Crippen LogP contribution in [0.15, 0.2) is 12.4 Å². The molecular weight excluding hydrogens is 377 g/mol. The van der Waals surface area contributed by atoms with E-state index < -0.39 is 17.8 Å². The summed E-state index contributed by atoms with van der Waals surface area (Å²) in [5.74, 6) is -0.0516. The lowest BCUT2D eigenvalue weighted by Crippen LogP contribution is -2.33. The quantitative estimate of drug-likeness (QED) is 0.771. The average molecular weight is 398 g/mol. The Labute approximate surface area is 159 Å². The van der Waals surface area contributed by atoms with Crippen LogP contribution in [0.1, 0.15) is 30.1 Å². The van der Waals surface area contributed by atoms with E-state index in [2.05, 4.69) is 20.4 Å². The van der Waals surface area contributed by atoms with Gasteiger partial charge < -0.3 is 20.5 Å². The van der Waals surface area contributed by atoms with E-state index in [1.54, 1.807) is 0 Å². The number of aromatic nitrogens is 4. The summed E-state index contributed by atoms with van der Waals surface area (Å²) < 4.78 is 52.9. The number of nitrogens with two attached hydrogens (primary N) is 1. The minimum absolute atomic E-state index is 0.152. The van der Waals surface area contributed by atoms with Gasteiger partial charge in [-0.1, -0.05) is 0 Å². The Bertz CT molecular complexity index is 852. The molecule has 0 spiro atoms. The first-order valence-corrected chi connectivity index (χ1v) is 9.04. The van der Waals surface area contributed by atoms with Gasteiger partial charge in [-0.05, 0) is 19.8 Å². The highest BCUT2D eigenvalue weighted by atomic mass is 19.4. The first kappa shape index (κ1) is 18.8. The maximum Gasteiger partial charge on any atom is 0.421 e. The lowest BCUT2D eigenvalue weighted by molar-refractivity contribution is -0.137. The van der Waals surface area contributed by atoms with Crippen LogP contribution in [0.3, 0.4) is 0 Å². The molecule has 2 fully saturated rings. The van der Waals surface area contributed by atoms with Crippen LogP contribution in [0.25, 0.3) is 0 Å². The van der Waals surface area contributed by atoms with Crippen molar-refractivity contribution in [2.24, 2.45) is 5.92 Å². The van der Waals surface area contributed by atoms with Crippen LogP contribution in [-0.4, -0.2) is 45.6 Å². The van der Waals surface area contributed by atoms with Crippen molar-refractivity contribution in [2.45, 2.75) is 38.0 Å². The van der Waals surface area contributed by atoms with E-state index in [4.69, 9.17) is 15.2 Å². The van der Waals surface area contributed by atoms with E-state index in [1.165, 1.54) is 0 Å². The van der Waals surface area contributed by atoms with Crippen LogP contribution in [-0.2, 0) is 10.9 Å². The maximum atomic E-state index is 13.2. The van der Waals surface area contributed by atoms with E-state index in [0.717, 1.165) is 18.5 Å². The summed E-state index contributed by atoms with van der Waals surface area (Å²) in [6.45, 7) is 2.77. The zero-order valence-corrected chi connectivity index (χ0v) is 15.2. The van der Waals surface area contributed by atoms with Crippen molar-refractivity contribution in [2.75, 3.05) is 30.9 Å². The molecule has 2 aliphatic rings. The number of halogens is 3. The predicted octanol–water partition coefficient (Wildman–Crippen LogP) is 2.42. The third kappa shape index (κ3) is 3.98. The Kier molecular flexibility index (Phi) is 4.77. The molecule has 3 N–H and O–H groups in total. The standard InChI is InChI=1S/C17H21F3N6O2/c1-9-14(5-26(25-9)11-2-3-11)28-7-10-6-27-8-13(10)23-15-12(17(18,19)20)4-22-16(21)24-15/h4-5,10-11,13H,2-3,6-8H2,1H3,(H3,21,22,23,24)/t10-,13+/m0/s1. The molecule has 0 amide bonds. The van der Waals surface area contributed by atoms with E-state index in [0.29, 0.717) is 24.6 Å². The van der Waals surface area contributed by atoms with E-state index in [1.807, 2.05) is 17.8 Å². The number of aryl methyl sites for hydroxylation is 1. The summed E-state index contributed by atoms with van der Waals surface area (Å²) in [6, 6.07) is 0.0541. The number of nitrogens with one attached hydrogen (secondary N) is 1. The fourth-order valence-electron chi connectivity index (χ4n) is 3.14. The Morgan fingerprint density at radius 1 is 1.36 bits per heavy atom. The van der Waals surface area contributed by atoms with Crippen molar-refractivity contribution in [3.8, 4) is 5.75 Å². The molecule has 11 heteroatoms. The number of anilines is 2. The molecule has 8 nitrogen and oxygen atoms in total. The average Bonchev–Trinajstić information content (AvgIpc) is 3.27. The molecule has 1 aliphatic carbocycles. The monoisotopic (exact) mass is 398 g/mol. The van der Waals surface area contributed by atoms with Crippen LogP contribution in [0.2, 0.25) is 0 Å². The summed E-state index contributed by atoms with van der Waals surface area (Å²) in [6.07, 6.45) is 0.203. The molecule has 0 radical (unpaired) electrons. The van der Waals surface area contributed by atoms with Crippen molar-refractivity contribution in [1.29, 1.82) is 0 Å². The maximum absolute atomic E-state index is 13.2. The van der Waals surface area contributed by atoms with Crippen LogP contribution in [0, 0.1) is 12.8 Å². The molecule has 1 saturated heterocycles. The minimum Gasteiger partial charge on any atom is -0.490 e. The van der Waals surface area contributed by atoms with Gasteiger partial charge in [0.15, 0.2) is 5.75 Å². The smallest absolute Gasteiger partial charge is 0.421 e. The van der Waals surface area contributed by atoms with E-state index in [9.17, 15) is 13.2 Å². The third-order valence-corrected chi connectivity index (χ3v) is 4.88. The molecule has 2 aromatic heterocycles. The predicted molar refractivity (Wildman–Crippen MR) is 93.9 cm³/mol. The molecule has 28 heavy (non-hydrogen) atoms. The molecule has 4 rings (SSSR count). The molecule has 0 bridgehead atoms. The van der Waals surface area contributed by atoms with Crippen molar-refractivity contribution in [3.05, 3.63) is 23.7 Å². The number of nitrogens with zero attached hydrogens (tertiary/aromatic N) is 4. The number of alkyl halides is 3. The molecular formula is C17H21F3N6O2. The van der Waals surface area contributed by atoms with Crippen molar-refractivity contribution >= 4 is 11.8 Å². The Balaban J connectivity index is 1.44. The number of hydrogen-bond donors (Lipinski definition) is 2. The SMILES string of the molecule is Cc1nn(C2CC2)cc1OC[C@@H]1COC[C@H]1Nc1nc(N)ncc1C(F)(F)F. The van der Waals surface area contributed by atoms with Crippen molar-refractivity contribution in [1.82, 2.24) is 19.7 Å². The van der Waals surface area contributed by atoms with Crippen LogP contribution in [0.5, 0.6) is 5.75 Å². The molecule has 3 heterocycles. The number of rotatable bonds is 6. The van der Waals surface area contributed by atoms with Gasteiger partial charge in [0.05, 0.1) is 38.1 Å². The van der Waals surface area contributed by atoms with Gasteiger partial charge in [-0.15, -0.1) is 0 Å². The second kappa shape index (κ2) is 7.12. The minimum atomic E-state index is -4.59. The first-order chi connectivity index (χ1) is 13.3. The highest BCUT2D eigenvalue weighted by Crippen LogP contribution is 2.36. The fourth-order valence-corrected chi connectivity index (χ4v) is 3.14. The zero-order valence-electron chi connectivity index (χ0n) is 15.2. The molecule has 2 atom stereocenters. The fraction of sp³-hybridized carbons (Fsp3) is 0.588. The summed E-state index contributed by atoms with van der Waals surface area (Å²) in [5.41, 5.74) is 5.29. The van der Waals surface area contributed by atoms with E-state index >= 15 is 0 Å². The second-order valence-electron chi connectivity index (χ2n) is 7.14. The van der Waals surface area contributed by atoms with Crippen LogP contribution in [0.4, 0.5) is 24.9 Å². The second-order valence-corrected chi connectivity index (χ2v) is 7.14. The van der Waals surface area contributed by atoms with Crippen molar-refractivity contribution in [3.63, 3.8) is 0 Å². The van der Waals surface area contributed by atoms with E-state index in [-0.39, 0.29) is 30.9 Å². The lowest BCUT2D eigenvalue weighted by atomic mass is 10.0.